The first-order chi connectivity index (χ1) is 8.59. The number of benzene rings is 1. The first-order valence-electron chi connectivity index (χ1n) is 5.81. The molecule has 1 aromatic rings. The van der Waals surface area contributed by atoms with Gasteiger partial charge >= 0.3 is 0 Å². The first kappa shape index (κ1) is 15.9. The second-order valence-corrected chi connectivity index (χ2v) is 6.17. The van der Waals surface area contributed by atoms with Crippen LogP contribution < -0.4 is 5.73 Å². The molecule has 0 aliphatic carbocycles. The monoisotopic (exact) mass is 301 g/mol. The Morgan fingerprint density at radius 2 is 2.00 bits per heavy atom. The average molecular weight is 302 g/mol. The molecule has 1 aliphatic heterocycles. The molecule has 1 atom stereocenters. The molecule has 1 aromatic carbocycles. The number of hydrogen-bond acceptors (Lipinski definition) is 4. The Labute approximate surface area is 119 Å². The molecule has 1 heterocycles. The van der Waals surface area contributed by atoms with Gasteiger partial charge in [0.2, 0.25) is 10.0 Å². The summed E-state index contributed by atoms with van der Waals surface area (Å²) in [5.41, 5.74) is 6.05. The molecule has 1 unspecified atom stereocenters. The third-order valence-corrected chi connectivity index (χ3v) is 5.15. The molecule has 0 spiro atoms. The predicted octanol–water partition coefficient (Wildman–Crippen LogP) is 1.09. The zero-order valence-electron chi connectivity index (χ0n) is 10.3. The van der Waals surface area contributed by atoms with Crippen LogP contribution in [0.4, 0.5) is 0 Å². The van der Waals surface area contributed by atoms with Gasteiger partial charge in [0.05, 0.1) is 16.5 Å². The van der Waals surface area contributed by atoms with Crippen molar-refractivity contribution in [2.24, 2.45) is 5.73 Å². The molecular weight excluding hydrogens is 286 g/mol. The molecule has 1 aliphatic rings. The maximum atomic E-state index is 12.4. The second-order valence-electron chi connectivity index (χ2n) is 4.28. The maximum absolute atomic E-state index is 12.4. The largest absolute Gasteiger partial charge is 0.329 e. The van der Waals surface area contributed by atoms with Crippen molar-refractivity contribution < 1.29 is 8.42 Å². The van der Waals surface area contributed by atoms with E-state index in [-0.39, 0.29) is 23.3 Å². The maximum Gasteiger partial charge on any atom is 0.243 e. The Kier molecular flexibility index (Phi) is 5.32. The lowest BCUT2D eigenvalue weighted by Crippen LogP contribution is -2.39. The van der Waals surface area contributed by atoms with Gasteiger partial charge in [0.25, 0.3) is 0 Å². The molecule has 7 heteroatoms. The van der Waals surface area contributed by atoms with E-state index < -0.39 is 10.0 Å². The Balaban J connectivity index is 0.00000180. The number of sulfonamides is 1. The van der Waals surface area contributed by atoms with Crippen molar-refractivity contribution in [3.63, 3.8) is 0 Å². The highest BCUT2D eigenvalue weighted by molar-refractivity contribution is 7.89. The van der Waals surface area contributed by atoms with Crippen LogP contribution in [0.15, 0.2) is 29.2 Å². The van der Waals surface area contributed by atoms with Crippen LogP contribution in [0.3, 0.4) is 0 Å². The Morgan fingerprint density at radius 3 is 2.53 bits per heavy atom. The number of halogens is 1. The third-order valence-electron chi connectivity index (χ3n) is 3.19. The summed E-state index contributed by atoms with van der Waals surface area (Å²) in [6, 6.07) is 7.83. The Morgan fingerprint density at radius 1 is 1.37 bits per heavy atom. The standard InChI is InChI=1S/C12H15N3O2S.ClH/c13-8-10-3-5-12(6-4-10)18(16,17)15-7-1-2-11(15)9-14;/h3-6,11H,1-2,7,9,14H2;1H. The highest BCUT2D eigenvalue weighted by Gasteiger charge is 2.34. The van der Waals surface area contributed by atoms with Crippen LogP contribution in [0.25, 0.3) is 0 Å². The van der Waals surface area contributed by atoms with Crippen LogP contribution in [0.1, 0.15) is 18.4 Å². The van der Waals surface area contributed by atoms with Gasteiger partial charge in [-0.3, -0.25) is 0 Å². The molecule has 0 radical (unpaired) electrons. The molecule has 19 heavy (non-hydrogen) atoms. The highest BCUT2D eigenvalue weighted by Crippen LogP contribution is 2.25. The van der Waals surface area contributed by atoms with Crippen LogP contribution >= 0.6 is 12.4 Å². The second kappa shape index (κ2) is 6.35. The van der Waals surface area contributed by atoms with Gasteiger partial charge in [-0.05, 0) is 37.1 Å². The SMILES string of the molecule is Cl.N#Cc1ccc(S(=O)(=O)N2CCCC2CN)cc1. The number of nitrogens with two attached hydrogens (primary N) is 1. The minimum atomic E-state index is -3.48. The summed E-state index contributed by atoms with van der Waals surface area (Å²) in [4.78, 5) is 0.224. The van der Waals surface area contributed by atoms with Gasteiger partial charge in [-0.25, -0.2) is 8.42 Å². The van der Waals surface area contributed by atoms with Gasteiger partial charge < -0.3 is 5.73 Å². The molecule has 1 fully saturated rings. The van der Waals surface area contributed by atoms with Crippen LogP contribution in [-0.4, -0.2) is 31.9 Å². The van der Waals surface area contributed by atoms with E-state index in [2.05, 4.69) is 0 Å². The van der Waals surface area contributed by atoms with Gasteiger partial charge in [0.15, 0.2) is 0 Å². The molecule has 0 saturated carbocycles. The zero-order valence-corrected chi connectivity index (χ0v) is 12.0. The van der Waals surface area contributed by atoms with Crippen LogP contribution in [0.2, 0.25) is 0 Å². The van der Waals surface area contributed by atoms with Crippen molar-refractivity contribution in [1.82, 2.24) is 4.31 Å². The van der Waals surface area contributed by atoms with Crippen molar-refractivity contribution in [2.75, 3.05) is 13.1 Å². The first-order valence-corrected chi connectivity index (χ1v) is 7.25. The highest BCUT2D eigenvalue weighted by atomic mass is 35.5. The molecule has 0 bridgehead atoms. The van der Waals surface area contributed by atoms with Crippen molar-refractivity contribution in [2.45, 2.75) is 23.8 Å². The average Bonchev–Trinajstić information content (AvgIpc) is 2.88. The lowest BCUT2D eigenvalue weighted by atomic mass is 10.2. The van der Waals surface area contributed by atoms with E-state index in [1.165, 1.54) is 28.6 Å². The smallest absolute Gasteiger partial charge is 0.243 e. The molecule has 2 rings (SSSR count). The quantitative estimate of drug-likeness (QED) is 0.905. The molecule has 0 amide bonds. The van der Waals surface area contributed by atoms with Crippen molar-refractivity contribution in [1.29, 1.82) is 5.26 Å². The van der Waals surface area contributed by atoms with E-state index in [0.29, 0.717) is 18.7 Å². The number of hydrogen-bond donors (Lipinski definition) is 1. The fraction of sp³-hybridized carbons (Fsp3) is 0.417. The van der Waals surface area contributed by atoms with Gasteiger partial charge in [0.1, 0.15) is 0 Å². The Bertz CT molecular complexity index is 566. The van der Waals surface area contributed by atoms with Gasteiger partial charge in [-0.15, -0.1) is 12.4 Å². The minimum absolute atomic E-state index is 0. The van der Waals surface area contributed by atoms with Gasteiger partial charge in [-0.1, -0.05) is 0 Å². The van der Waals surface area contributed by atoms with E-state index in [9.17, 15) is 8.42 Å². The fourth-order valence-corrected chi connectivity index (χ4v) is 3.90. The third kappa shape index (κ3) is 3.07. The van der Waals surface area contributed by atoms with Gasteiger partial charge in [0, 0.05) is 19.1 Å². The molecular formula is C12H16ClN3O2S. The Hall–Kier alpha value is -1.13. The molecule has 0 aromatic heterocycles. The van der Waals surface area contributed by atoms with E-state index in [0.717, 1.165) is 12.8 Å². The summed E-state index contributed by atoms with van der Waals surface area (Å²) in [6.07, 6.45) is 1.66. The predicted molar refractivity (Wildman–Crippen MR) is 74.4 cm³/mol. The summed E-state index contributed by atoms with van der Waals surface area (Å²) >= 11 is 0. The fourth-order valence-electron chi connectivity index (χ4n) is 2.20. The lowest BCUT2D eigenvalue weighted by molar-refractivity contribution is 0.393. The lowest BCUT2D eigenvalue weighted by Gasteiger charge is -2.22. The van der Waals surface area contributed by atoms with E-state index in [1.807, 2.05) is 6.07 Å². The van der Waals surface area contributed by atoms with Crippen molar-refractivity contribution in [3.8, 4) is 6.07 Å². The zero-order chi connectivity index (χ0) is 13.2. The molecule has 104 valence electrons. The van der Waals surface area contributed by atoms with E-state index in [1.54, 1.807) is 0 Å². The van der Waals surface area contributed by atoms with Crippen LogP contribution in [0.5, 0.6) is 0 Å². The van der Waals surface area contributed by atoms with Gasteiger partial charge in [-0.2, -0.15) is 9.57 Å². The molecule has 1 saturated heterocycles. The molecule has 2 N–H and O–H groups in total. The summed E-state index contributed by atoms with van der Waals surface area (Å²) in [5.74, 6) is 0. The van der Waals surface area contributed by atoms with Crippen molar-refractivity contribution >= 4 is 22.4 Å². The number of rotatable bonds is 3. The van der Waals surface area contributed by atoms with E-state index in [4.69, 9.17) is 11.0 Å². The molecule has 5 nitrogen and oxygen atoms in total. The van der Waals surface area contributed by atoms with E-state index >= 15 is 0 Å². The van der Waals surface area contributed by atoms with Crippen molar-refractivity contribution in [3.05, 3.63) is 29.8 Å². The number of nitrogens with zero attached hydrogens (tertiary/aromatic N) is 2. The number of nitriles is 1. The summed E-state index contributed by atoms with van der Waals surface area (Å²) in [5, 5.41) is 8.70. The normalized spacial score (nSPS) is 19.7. The van der Waals surface area contributed by atoms with Crippen LogP contribution in [0, 0.1) is 11.3 Å². The summed E-state index contributed by atoms with van der Waals surface area (Å²) in [6.45, 7) is 0.861. The summed E-state index contributed by atoms with van der Waals surface area (Å²) < 4.78 is 26.2. The van der Waals surface area contributed by atoms with Crippen LogP contribution in [-0.2, 0) is 10.0 Å². The minimum Gasteiger partial charge on any atom is -0.329 e. The topological polar surface area (TPSA) is 87.2 Å². The summed E-state index contributed by atoms with van der Waals surface area (Å²) in [7, 11) is -3.48.